The summed E-state index contributed by atoms with van der Waals surface area (Å²) >= 11 is 0. The molecular weight excluding hydrogens is 255 g/mol. The minimum Gasteiger partial charge on any atom is -0.387 e. The molecule has 0 saturated heterocycles. The first kappa shape index (κ1) is 15.7. The third-order valence-corrected chi connectivity index (χ3v) is 2.62. The lowest BCUT2D eigenvalue weighted by molar-refractivity contribution is -0.137. The van der Waals surface area contributed by atoms with Crippen molar-refractivity contribution in [1.29, 1.82) is 0 Å². The van der Waals surface area contributed by atoms with Crippen molar-refractivity contribution < 1.29 is 18.3 Å². The SMILES string of the molecule is CC(C)=CCNCC(O)c1ccc(C(F)(F)F)cc1. The Bertz CT molecular complexity index is 419. The molecule has 1 atom stereocenters. The second-order valence-electron chi connectivity index (χ2n) is 4.58. The maximum absolute atomic E-state index is 12.4. The Balaban J connectivity index is 2.54. The van der Waals surface area contributed by atoms with E-state index in [1.807, 2.05) is 19.9 Å². The number of hydrogen-bond donors (Lipinski definition) is 2. The van der Waals surface area contributed by atoms with E-state index in [1.165, 1.54) is 12.1 Å². The Morgan fingerprint density at radius 2 is 1.84 bits per heavy atom. The van der Waals surface area contributed by atoms with E-state index >= 15 is 0 Å². The van der Waals surface area contributed by atoms with Crippen molar-refractivity contribution >= 4 is 0 Å². The van der Waals surface area contributed by atoms with Gasteiger partial charge in [-0.1, -0.05) is 23.8 Å². The topological polar surface area (TPSA) is 32.3 Å². The quantitative estimate of drug-likeness (QED) is 0.637. The average molecular weight is 273 g/mol. The van der Waals surface area contributed by atoms with Crippen molar-refractivity contribution in [3.8, 4) is 0 Å². The maximum Gasteiger partial charge on any atom is 0.416 e. The Morgan fingerprint density at radius 1 is 1.26 bits per heavy atom. The zero-order valence-corrected chi connectivity index (χ0v) is 11.0. The van der Waals surface area contributed by atoms with Crippen LogP contribution in [0.15, 0.2) is 35.9 Å². The second-order valence-corrected chi connectivity index (χ2v) is 4.58. The van der Waals surface area contributed by atoms with Crippen LogP contribution in [0.3, 0.4) is 0 Å². The first-order valence-electron chi connectivity index (χ1n) is 6.00. The second kappa shape index (κ2) is 6.73. The maximum atomic E-state index is 12.4. The third-order valence-electron chi connectivity index (χ3n) is 2.62. The summed E-state index contributed by atoms with van der Waals surface area (Å²) in [4.78, 5) is 0. The van der Waals surface area contributed by atoms with E-state index in [0.717, 1.165) is 17.7 Å². The minimum absolute atomic E-state index is 0.301. The van der Waals surface area contributed by atoms with Gasteiger partial charge >= 0.3 is 6.18 Å². The van der Waals surface area contributed by atoms with Crippen molar-refractivity contribution in [3.05, 3.63) is 47.0 Å². The molecule has 0 bridgehead atoms. The van der Waals surface area contributed by atoms with Gasteiger partial charge in [0.25, 0.3) is 0 Å². The fourth-order valence-corrected chi connectivity index (χ4v) is 1.51. The molecule has 1 aromatic carbocycles. The van der Waals surface area contributed by atoms with Gasteiger partial charge in [-0.15, -0.1) is 0 Å². The van der Waals surface area contributed by atoms with Crippen LogP contribution in [0, 0.1) is 0 Å². The molecule has 5 heteroatoms. The van der Waals surface area contributed by atoms with Gasteiger partial charge in [-0.2, -0.15) is 13.2 Å². The fraction of sp³-hybridized carbons (Fsp3) is 0.429. The van der Waals surface area contributed by atoms with E-state index in [2.05, 4.69) is 5.32 Å². The minimum atomic E-state index is -4.34. The van der Waals surface area contributed by atoms with Crippen LogP contribution in [0.1, 0.15) is 31.1 Å². The summed E-state index contributed by atoms with van der Waals surface area (Å²) in [5.74, 6) is 0. The van der Waals surface area contributed by atoms with Crippen molar-refractivity contribution in [2.24, 2.45) is 0 Å². The number of benzene rings is 1. The van der Waals surface area contributed by atoms with E-state index in [-0.39, 0.29) is 0 Å². The average Bonchev–Trinajstić information content (AvgIpc) is 2.33. The summed E-state index contributed by atoms with van der Waals surface area (Å²) < 4.78 is 37.1. The lowest BCUT2D eigenvalue weighted by Gasteiger charge is -2.13. The molecule has 1 unspecified atom stereocenters. The van der Waals surface area contributed by atoms with Gasteiger partial charge in [-0.3, -0.25) is 0 Å². The first-order chi connectivity index (χ1) is 8.80. The first-order valence-corrected chi connectivity index (χ1v) is 6.00. The van der Waals surface area contributed by atoms with Crippen LogP contribution in [0.4, 0.5) is 13.2 Å². The van der Waals surface area contributed by atoms with E-state index in [1.54, 1.807) is 0 Å². The summed E-state index contributed by atoms with van der Waals surface area (Å²) in [6.45, 7) is 4.86. The van der Waals surface area contributed by atoms with E-state index in [9.17, 15) is 18.3 Å². The number of aliphatic hydroxyl groups excluding tert-OH is 1. The van der Waals surface area contributed by atoms with Gasteiger partial charge in [0.1, 0.15) is 0 Å². The van der Waals surface area contributed by atoms with Crippen molar-refractivity contribution in [1.82, 2.24) is 5.32 Å². The normalized spacial score (nSPS) is 13.2. The molecule has 0 aliphatic heterocycles. The van der Waals surface area contributed by atoms with Crippen molar-refractivity contribution in [2.75, 3.05) is 13.1 Å². The number of rotatable bonds is 5. The van der Waals surface area contributed by atoms with Crippen molar-refractivity contribution in [2.45, 2.75) is 26.1 Å². The molecule has 106 valence electrons. The van der Waals surface area contributed by atoms with Gasteiger partial charge in [0.05, 0.1) is 11.7 Å². The highest BCUT2D eigenvalue weighted by Gasteiger charge is 2.30. The standard InChI is InChI=1S/C14H18F3NO/c1-10(2)7-8-18-9-13(19)11-3-5-12(6-4-11)14(15,16)17/h3-7,13,18-19H,8-9H2,1-2H3. The van der Waals surface area contributed by atoms with E-state index in [4.69, 9.17) is 0 Å². The largest absolute Gasteiger partial charge is 0.416 e. The zero-order chi connectivity index (χ0) is 14.5. The molecule has 1 rings (SSSR count). The highest BCUT2D eigenvalue weighted by molar-refractivity contribution is 5.26. The molecule has 19 heavy (non-hydrogen) atoms. The highest BCUT2D eigenvalue weighted by Crippen LogP contribution is 2.29. The Morgan fingerprint density at radius 3 is 2.32 bits per heavy atom. The molecule has 2 nitrogen and oxygen atoms in total. The molecule has 0 fully saturated rings. The van der Waals surface area contributed by atoms with Crippen molar-refractivity contribution in [3.63, 3.8) is 0 Å². The Labute approximate surface area is 111 Å². The smallest absolute Gasteiger partial charge is 0.387 e. The molecular formula is C14H18F3NO. The highest BCUT2D eigenvalue weighted by atomic mass is 19.4. The Kier molecular flexibility index (Phi) is 5.57. The van der Waals surface area contributed by atoms with Gasteiger partial charge < -0.3 is 10.4 Å². The summed E-state index contributed by atoms with van der Waals surface area (Å²) in [6, 6.07) is 4.56. The van der Waals surface area contributed by atoms with E-state index < -0.39 is 17.8 Å². The van der Waals surface area contributed by atoms with E-state index in [0.29, 0.717) is 18.7 Å². The molecule has 0 aliphatic rings. The summed E-state index contributed by atoms with van der Waals surface area (Å²) in [7, 11) is 0. The molecule has 0 amide bonds. The van der Waals surface area contributed by atoms with Crippen LogP contribution in [-0.4, -0.2) is 18.2 Å². The number of nitrogens with one attached hydrogen (secondary N) is 1. The van der Waals surface area contributed by atoms with Crippen LogP contribution in [0.25, 0.3) is 0 Å². The monoisotopic (exact) mass is 273 g/mol. The lowest BCUT2D eigenvalue weighted by Crippen LogP contribution is -2.21. The lowest BCUT2D eigenvalue weighted by atomic mass is 10.1. The molecule has 0 aliphatic carbocycles. The van der Waals surface area contributed by atoms with Crippen LogP contribution >= 0.6 is 0 Å². The van der Waals surface area contributed by atoms with Crippen LogP contribution in [0.2, 0.25) is 0 Å². The van der Waals surface area contributed by atoms with Gasteiger partial charge in [-0.05, 0) is 31.5 Å². The van der Waals surface area contributed by atoms with Gasteiger partial charge in [0, 0.05) is 13.1 Å². The van der Waals surface area contributed by atoms with Gasteiger partial charge in [-0.25, -0.2) is 0 Å². The number of halogens is 3. The molecule has 0 heterocycles. The molecule has 1 aromatic rings. The summed E-state index contributed by atoms with van der Waals surface area (Å²) in [6.07, 6.45) is -3.18. The summed E-state index contributed by atoms with van der Waals surface area (Å²) in [5.41, 5.74) is 0.926. The summed E-state index contributed by atoms with van der Waals surface area (Å²) in [5, 5.41) is 12.8. The Hall–Kier alpha value is -1.33. The van der Waals surface area contributed by atoms with Crippen LogP contribution < -0.4 is 5.32 Å². The molecule has 0 radical (unpaired) electrons. The van der Waals surface area contributed by atoms with Gasteiger partial charge in [0.2, 0.25) is 0 Å². The number of aliphatic hydroxyl groups is 1. The molecule has 0 saturated carbocycles. The fourth-order valence-electron chi connectivity index (χ4n) is 1.51. The number of allylic oxidation sites excluding steroid dienone is 1. The third kappa shape index (κ3) is 5.44. The van der Waals surface area contributed by atoms with Gasteiger partial charge in [0.15, 0.2) is 0 Å². The predicted molar refractivity (Wildman–Crippen MR) is 68.7 cm³/mol. The predicted octanol–water partition coefficient (Wildman–Crippen LogP) is 3.29. The molecule has 2 N–H and O–H groups in total. The number of hydrogen-bond acceptors (Lipinski definition) is 2. The number of alkyl halides is 3. The zero-order valence-electron chi connectivity index (χ0n) is 11.0. The van der Waals surface area contributed by atoms with Crippen LogP contribution in [0.5, 0.6) is 0 Å². The van der Waals surface area contributed by atoms with Crippen LogP contribution in [-0.2, 0) is 6.18 Å². The molecule has 0 aromatic heterocycles. The molecule has 0 spiro atoms.